The van der Waals surface area contributed by atoms with E-state index in [1.54, 1.807) is 0 Å². The van der Waals surface area contributed by atoms with Crippen molar-refractivity contribution in [1.82, 2.24) is 0 Å². The quantitative estimate of drug-likeness (QED) is 0.287. The van der Waals surface area contributed by atoms with E-state index in [1.807, 2.05) is 6.07 Å². The Bertz CT molecular complexity index is 1560. The predicted octanol–water partition coefficient (Wildman–Crippen LogP) is 8.04. The van der Waals surface area contributed by atoms with E-state index in [0.717, 1.165) is 24.0 Å². The van der Waals surface area contributed by atoms with E-state index in [4.69, 9.17) is 4.42 Å². The second kappa shape index (κ2) is 6.58. The molecule has 0 bridgehead atoms. The molecule has 0 saturated heterocycles. The van der Waals surface area contributed by atoms with Crippen molar-refractivity contribution in [2.45, 2.75) is 18.3 Å². The molecule has 2 aliphatic carbocycles. The van der Waals surface area contributed by atoms with Gasteiger partial charge >= 0.3 is 0 Å². The number of allylic oxidation sites excluding steroid dienone is 4. The lowest BCUT2D eigenvalue weighted by molar-refractivity contribution is 0.647. The van der Waals surface area contributed by atoms with E-state index in [9.17, 15) is 0 Å². The van der Waals surface area contributed by atoms with Crippen LogP contribution in [0.2, 0.25) is 0 Å². The van der Waals surface area contributed by atoms with Crippen LogP contribution in [-0.4, -0.2) is 0 Å². The summed E-state index contributed by atoms with van der Waals surface area (Å²) in [5.41, 5.74) is 9.65. The fourth-order valence-electron chi connectivity index (χ4n) is 6.00. The molecular formula is C31H22O. The molecule has 1 nitrogen and oxygen atoms in total. The maximum Gasteiger partial charge on any atom is 0.140 e. The summed E-state index contributed by atoms with van der Waals surface area (Å²) in [5.74, 6) is 0. The molecule has 0 aliphatic heterocycles. The standard InChI is InChI=1S/C31H22O/c1-2-11-21(12-3-1)31(26-17-7-4-13-22(26)23-14-5-8-18-27(23)31)28-19-10-16-25-24-15-6-9-20-29(24)32-30(25)28/h1-4,6-13,15-20H,5,14H2. The molecule has 0 spiro atoms. The van der Waals surface area contributed by atoms with Crippen molar-refractivity contribution in [3.05, 3.63) is 137 Å². The van der Waals surface area contributed by atoms with Gasteiger partial charge in [-0.05, 0) is 46.7 Å². The molecule has 0 saturated carbocycles. The van der Waals surface area contributed by atoms with E-state index in [2.05, 4.69) is 103 Å². The maximum atomic E-state index is 6.59. The van der Waals surface area contributed by atoms with Crippen LogP contribution >= 0.6 is 0 Å². The van der Waals surface area contributed by atoms with Gasteiger partial charge in [0.05, 0.1) is 5.41 Å². The highest BCUT2D eigenvalue weighted by molar-refractivity contribution is 6.07. The molecular weight excluding hydrogens is 388 g/mol. The van der Waals surface area contributed by atoms with Crippen molar-refractivity contribution < 1.29 is 4.42 Å². The topological polar surface area (TPSA) is 13.1 Å². The molecule has 0 fully saturated rings. The molecule has 4 aromatic carbocycles. The zero-order valence-corrected chi connectivity index (χ0v) is 17.7. The highest BCUT2D eigenvalue weighted by Gasteiger charge is 2.48. The Labute approximate surface area is 187 Å². The van der Waals surface area contributed by atoms with Gasteiger partial charge in [-0.2, -0.15) is 0 Å². The third kappa shape index (κ3) is 2.18. The average molecular weight is 411 g/mol. The third-order valence-electron chi connectivity index (χ3n) is 7.25. The fourth-order valence-corrected chi connectivity index (χ4v) is 6.00. The minimum Gasteiger partial charge on any atom is -0.456 e. The summed E-state index contributed by atoms with van der Waals surface area (Å²) in [6.45, 7) is 0. The van der Waals surface area contributed by atoms with Crippen LogP contribution < -0.4 is 0 Å². The Hall–Kier alpha value is -3.84. The zero-order chi connectivity index (χ0) is 21.1. The van der Waals surface area contributed by atoms with E-state index in [-0.39, 0.29) is 0 Å². The fraction of sp³-hybridized carbons (Fsp3) is 0.0968. The summed E-state index contributed by atoms with van der Waals surface area (Å²) in [6.07, 6.45) is 6.87. The van der Waals surface area contributed by atoms with Crippen LogP contribution in [-0.2, 0) is 5.41 Å². The first-order chi connectivity index (χ1) is 15.9. The molecule has 1 unspecified atom stereocenters. The second-order valence-electron chi connectivity index (χ2n) is 8.78. The van der Waals surface area contributed by atoms with Crippen LogP contribution in [0.25, 0.3) is 27.5 Å². The van der Waals surface area contributed by atoms with Crippen LogP contribution in [0, 0.1) is 0 Å². The van der Waals surface area contributed by atoms with Gasteiger partial charge < -0.3 is 4.42 Å². The van der Waals surface area contributed by atoms with Crippen molar-refractivity contribution in [1.29, 1.82) is 0 Å². The number of rotatable bonds is 2. The van der Waals surface area contributed by atoms with E-state index >= 15 is 0 Å². The minimum atomic E-state index is -0.391. The van der Waals surface area contributed by atoms with Crippen LogP contribution in [0.1, 0.15) is 35.1 Å². The second-order valence-corrected chi connectivity index (χ2v) is 8.78. The van der Waals surface area contributed by atoms with Crippen molar-refractivity contribution in [2.75, 3.05) is 0 Å². The molecule has 0 radical (unpaired) electrons. The van der Waals surface area contributed by atoms with E-state index < -0.39 is 5.41 Å². The van der Waals surface area contributed by atoms with Gasteiger partial charge in [-0.3, -0.25) is 0 Å². The predicted molar refractivity (Wildman–Crippen MR) is 132 cm³/mol. The Morgan fingerprint density at radius 3 is 2.34 bits per heavy atom. The van der Waals surface area contributed by atoms with Crippen LogP contribution in [0.3, 0.4) is 0 Å². The van der Waals surface area contributed by atoms with Gasteiger partial charge in [0.2, 0.25) is 0 Å². The SMILES string of the molecule is C1=CC2=C(CC1)c1ccccc1C2(c1ccccc1)c1cccc2c1oc1ccccc12. The lowest BCUT2D eigenvalue weighted by atomic mass is 9.66. The third-order valence-corrected chi connectivity index (χ3v) is 7.25. The van der Waals surface area contributed by atoms with Crippen LogP contribution in [0.5, 0.6) is 0 Å². The zero-order valence-electron chi connectivity index (χ0n) is 17.7. The highest BCUT2D eigenvalue weighted by atomic mass is 16.3. The number of hydrogen-bond acceptors (Lipinski definition) is 1. The van der Waals surface area contributed by atoms with Crippen molar-refractivity contribution in [3.63, 3.8) is 0 Å². The molecule has 1 heteroatoms. The molecule has 2 aliphatic rings. The summed E-state index contributed by atoms with van der Waals surface area (Å²) in [6, 6.07) is 35.0. The van der Waals surface area contributed by atoms with Gasteiger partial charge in [0, 0.05) is 16.3 Å². The van der Waals surface area contributed by atoms with Crippen molar-refractivity contribution in [3.8, 4) is 0 Å². The van der Waals surface area contributed by atoms with Gasteiger partial charge in [0.1, 0.15) is 11.2 Å². The molecule has 7 rings (SSSR count). The molecule has 1 heterocycles. The number of hydrogen-bond donors (Lipinski definition) is 0. The normalized spacial score (nSPS) is 19.5. The van der Waals surface area contributed by atoms with Gasteiger partial charge in [0.25, 0.3) is 0 Å². The lowest BCUT2D eigenvalue weighted by Crippen LogP contribution is -2.29. The van der Waals surface area contributed by atoms with Crippen LogP contribution in [0.4, 0.5) is 0 Å². The summed E-state index contributed by atoms with van der Waals surface area (Å²) in [5, 5.41) is 2.35. The minimum absolute atomic E-state index is 0.391. The molecule has 1 atom stereocenters. The monoisotopic (exact) mass is 410 g/mol. The Balaban J connectivity index is 1.69. The maximum absolute atomic E-state index is 6.59. The first kappa shape index (κ1) is 17.8. The lowest BCUT2D eigenvalue weighted by Gasteiger charge is -2.35. The Morgan fingerprint density at radius 2 is 1.41 bits per heavy atom. The number of furan rings is 1. The van der Waals surface area contributed by atoms with Gasteiger partial charge in [-0.15, -0.1) is 0 Å². The highest BCUT2D eigenvalue weighted by Crippen LogP contribution is 2.58. The molecule has 1 aromatic heterocycles. The van der Waals surface area contributed by atoms with Gasteiger partial charge in [0.15, 0.2) is 0 Å². The first-order valence-corrected chi connectivity index (χ1v) is 11.4. The molecule has 5 aromatic rings. The summed E-state index contributed by atoms with van der Waals surface area (Å²) in [7, 11) is 0. The molecule has 0 amide bonds. The Kier molecular flexibility index (Phi) is 3.66. The number of para-hydroxylation sites is 2. The summed E-state index contributed by atoms with van der Waals surface area (Å²) in [4.78, 5) is 0. The smallest absolute Gasteiger partial charge is 0.140 e. The average Bonchev–Trinajstić information content (AvgIpc) is 3.39. The van der Waals surface area contributed by atoms with Gasteiger partial charge in [-0.1, -0.05) is 103 Å². The molecule has 32 heavy (non-hydrogen) atoms. The molecule has 152 valence electrons. The van der Waals surface area contributed by atoms with Gasteiger partial charge in [-0.25, -0.2) is 0 Å². The van der Waals surface area contributed by atoms with E-state index in [0.29, 0.717) is 0 Å². The number of fused-ring (bicyclic) bond motifs is 5. The molecule has 0 N–H and O–H groups in total. The summed E-state index contributed by atoms with van der Waals surface area (Å²) >= 11 is 0. The Morgan fingerprint density at radius 1 is 0.656 bits per heavy atom. The summed E-state index contributed by atoms with van der Waals surface area (Å²) < 4.78 is 6.59. The largest absolute Gasteiger partial charge is 0.456 e. The first-order valence-electron chi connectivity index (χ1n) is 11.4. The number of benzene rings is 4. The van der Waals surface area contributed by atoms with E-state index in [1.165, 1.54) is 44.2 Å². The van der Waals surface area contributed by atoms with Crippen molar-refractivity contribution >= 4 is 27.5 Å². The van der Waals surface area contributed by atoms with Crippen LogP contribution in [0.15, 0.2) is 119 Å². The van der Waals surface area contributed by atoms with Crippen molar-refractivity contribution in [2.24, 2.45) is 0 Å².